The van der Waals surface area contributed by atoms with Gasteiger partial charge in [0, 0.05) is 24.0 Å². The van der Waals surface area contributed by atoms with E-state index in [1.54, 1.807) is 11.3 Å². The molecular weight excluding hydrogens is 342 g/mol. The van der Waals surface area contributed by atoms with E-state index in [2.05, 4.69) is 20.6 Å². The first-order valence-electron chi connectivity index (χ1n) is 7.46. The number of amidine groups is 1. The molecule has 3 rings (SSSR count). The minimum Gasteiger partial charge on any atom is -0.378 e. The molecule has 1 aromatic carbocycles. The van der Waals surface area contributed by atoms with Crippen molar-refractivity contribution in [2.24, 2.45) is 4.99 Å². The van der Waals surface area contributed by atoms with Gasteiger partial charge in [-0.3, -0.25) is 5.32 Å². The van der Waals surface area contributed by atoms with Crippen LogP contribution in [0.1, 0.15) is 0 Å². The molecular formula is C16H17N5OS2. The van der Waals surface area contributed by atoms with Crippen LogP contribution in [-0.4, -0.2) is 42.7 Å². The van der Waals surface area contributed by atoms with E-state index in [1.165, 1.54) is 11.8 Å². The number of ether oxygens (including phenoxy) is 1. The Morgan fingerprint density at radius 1 is 1.38 bits per heavy atom. The summed E-state index contributed by atoms with van der Waals surface area (Å²) in [6.07, 6.45) is 3.76. The van der Waals surface area contributed by atoms with Crippen LogP contribution in [0.25, 0.3) is 11.3 Å². The summed E-state index contributed by atoms with van der Waals surface area (Å²) in [7, 11) is 0. The van der Waals surface area contributed by atoms with Crippen LogP contribution in [-0.2, 0) is 4.74 Å². The maximum atomic E-state index is 8.67. The van der Waals surface area contributed by atoms with Crippen LogP contribution in [0, 0.1) is 11.5 Å². The summed E-state index contributed by atoms with van der Waals surface area (Å²) in [6, 6.07) is 7.86. The summed E-state index contributed by atoms with van der Waals surface area (Å²) < 4.78 is 5.38. The first-order chi connectivity index (χ1) is 11.8. The van der Waals surface area contributed by atoms with Crippen LogP contribution in [0.15, 0.2) is 34.6 Å². The van der Waals surface area contributed by atoms with Crippen LogP contribution >= 0.6 is 23.1 Å². The first kappa shape index (κ1) is 16.8. The van der Waals surface area contributed by atoms with Gasteiger partial charge in [-0.1, -0.05) is 23.9 Å². The number of nitriles is 1. The molecule has 0 bridgehead atoms. The number of rotatable bonds is 3. The van der Waals surface area contributed by atoms with Crippen molar-refractivity contribution < 1.29 is 4.74 Å². The van der Waals surface area contributed by atoms with Crippen molar-refractivity contribution in [3.05, 3.63) is 29.6 Å². The molecule has 1 fully saturated rings. The van der Waals surface area contributed by atoms with Gasteiger partial charge in [-0.05, 0) is 18.4 Å². The van der Waals surface area contributed by atoms with E-state index in [0.29, 0.717) is 5.17 Å². The Labute approximate surface area is 149 Å². The highest BCUT2D eigenvalue weighted by molar-refractivity contribution is 8.13. The van der Waals surface area contributed by atoms with Gasteiger partial charge in [-0.25, -0.2) is 9.98 Å². The van der Waals surface area contributed by atoms with Crippen molar-refractivity contribution in [1.82, 2.24) is 10.3 Å². The van der Waals surface area contributed by atoms with Crippen molar-refractivity contribution in [2.45, 2.75) is 0 Å². The van der Waals surface area contributed by atoms with Gasteiger partial charge < -0.3 is 9.64 Å². The topological polar surface area (TPSA) is 73.5 Å². The lowest BCUT2D eigenvalue weighted by Gasteiger charge is -2.26. The number of benzene rings is 1. The van der Waals surface area contributed by atoms with Crippen LogP contribution in [0.2, 0.25) is 0 Å². The minimum atomic E-state index is 0.577. The number of hydrogen-bond acceptors (Lipinski definition) is 7. The molecule has 6 nitrogen and oxygen atoms in total. The van der Waals surface area contributed by atoms with Crippen molar-refractivity contribution >= 4 is 39.1 Å². The fourth-order valence-electron chi connectivity index (χ4n) is 2.29. The number of hydrogen-bond donors (Lipinski definition) is 1. The molecule has 1 aliphatic rings. The molecule has 0 saturated carbocycles. The van der Waals surface area contributed by atoms with E-state index in [9.17, 15) is 0 Å². The summed E-state index contributed by atoms with van der Waals surface area (Å²) in [5.41, 5.74) is 2.83. The quantitative estimate of drug-likeness (QED) is 0.393. The van der Waals surface area contributed by atoms with E-state index < -0.39 is 0 Å². The fourth-order valence-corrected chi connectivity index (χ4v) is 3.53. The summed E-state index contributed by atoms with van der Waals surface area (Å²) in [5.74, 6) is 0. The maximum absolute atomic E-state index is 8.67. The predicted molar refractivity (Wildman–Crippen MR) is 99.9 cm³/mol. The number of nitrogens with zero attached hydrogens (tertiary/aromatic N) is 4. The third-order valence-electron chi connectivity index (χ3n) is 3.52. The smallest absolute Gasteiger partial charge is 0.186 e. The molecule has 1 aliphatic heterocycles. The van der Waals surface area contributed by atoms with Crippen LogP contribution in [0.4, 0.5) is 10.8 Å². The fraction of sp³-hybridized carbons (Fsp3) is 0.312. The molecule has 8 heteroatoms. The van der Waals surface area contributed by atoms with Crippen LogP contribution in [0.3, 0.4) is 0 Å². The largest absolute Gasteiger partial charge is 0.378 e. The van der Waals surface area contributed by atoms with Crippen molar-refractivity contribution in [3.8, 4) is 17.5 Å². The molecule has 24 heavy (non-hydrogen) atoms. The van der Waals surface area contributed by atoms with Gasteiger partial charge in [0.1, 0.15) is 0 Å². The van der Waals surface area contributed by atoms with Gasteiger partial charge in [-0.2, -0.15) is 5.26 Å². The Bertz CT molecular complexity index is 745. The number of thioether (sulfide) groups is 1. The van der Waals surface area contributed by atoms with E-state index in [1.807, 2.05) is 36.7 Å². The molecule has 0 amide bonds. The Morgan fingerprint density at radius 3 is 2.79 bits per heavy atom. The normalized spacial score (nSPS) is 15.2. The molecule has 0 aliphatic carbocycles. The highest BCUT2D eigenvalue weighted by atomic mass is 32.2. The number of aliphatic imine (C=N–C) groups is 1. The molecule has 1 N–H and O–H groups in total. The zero-order chi connectivity index (χ0) is 16.8. The average molecular weight is 359 g/mol. The number of nitrogens with one attached hydrogen (secondary N) is 1. The number of aromatic nitrogens is 1. The Morgan fingerprint density at radius 2 is 2.12 bits per heavy atom. The standard InChI is InChI=1S/C16H17N5OS2/c1-23-15(18-11-17)19-13-4-2-12(3-5-13)14-10-24-16(20-14)21-6-8-22-9-7-21/h2-5,10H,6-9H2,1H3,(H,18,19). The molecule has 1 saturated heterocycles. The molecule has 0 spiro atoms. The van der Waals surface area contributed by atoms with Crippen LogP contribution in [0.5, 0.6) is 0 Å². The van der Waals surface area contributed by atoms with Crippen molar-refractivity contribution in [2.75, 3.05) is 37.5 Å². The number of anilines is 1. The van der Waals surface area contributed by atoms with Gasteiger partial charge in [-0.15, -0.1) is 11.3 Å². The lowest BCUT2D eigenvalue weighted by atomic mass is 10.1. The third kappa shape index (κ3) is 4.06. The van der Waals surface area contributed by atoms with Crippen LogP contribution < -0.4 is 10.2 Å². The van der Waals surface area contributed by atoms with E-state index in [4.69, 9.17) is 15.0 Å². The second kappa shape index (κ2) is 8.15. The zero-order valence-corrected chi connectivity index (χ0v) is 14.9. The highest BCUT2D eigenvalue weighted by Crippen LogP contribution is 2.29. The third-order valence-corrected chi connectivity index (χ3v) is 5.01. The van der Waals surface area contributed by atoms with E-state index >= 15 is 0 Å². The maximum Gasteiger partial charge on any atom is 0.186 e. The van der Waals surface area contributed by atoms with E-state index in [-0.39, 0.29) is 0 Å². The Hall–Kier alpha value is -2.08. The first-order valence-corrected chi connectivity index (χ1v) is 9.57. The lowest BCUT2D eigenvalue weighted by molar-refractivity contribution is 0.122. The highest BCUT2D eigenvalue weighted by Gasteiger charge is 2.15. The molecule has 0 unspecified atom stereocenters. The van der Waals surface area contributed by atoms with Gasteiger partial charge in [0.2, 0.25) is 0 Å². The van der Waals surface area contributed by atoms with Crippen molar-refractivity contribution in [1.29, 1.82) is 5.26 Å². The average Bonchev–Trinajstić information content (AvgIpc) is 3.13. The SMILES string of the molecule is CSC(=Nc1ccc(-c2csc(N3CCOCC3)n2)cc1)NC#N. The second-order valence-electron chi connectivity index (χ2n) is 5.02. The Kier molecular flexibility index (Phi) is 5.69. The summed E-state index contributed by atoms with van der Waals surface area (Å²) in [4.78, 5) is 11.4. The lowest BCUT2D eigenvalue weighted by Crippen LogP contribution is -2.36. The van der Waals surface area contributed by atoms with Gasteiger partial charge >= 0.3 is 0 Å². The second-order valence-corrected chi connectivity index (χ2v) is 6.65. The predicted octanol–water partition coefficient (Wildman–Crippen LogP) is 3.07. The molecule has 1 aromatic heterocycles. The monoisotopic (exact) mass is 359 g/mol. The Balaban J connectivity index is 1.74. The summed E-state index contributed by atoms with van der Waals surface area (Å²) >= 11 is 3.06. The van der Waals surface area contributed by atoms with Gasteiger partial charge in [0.25, 0.3) is 0 Å². The summed E-state index contributed by atoms with van der Waals surface area (Å²) in [6.45, 7) is 3.31. The molecule has 124 valence electrons. The number of morpholine rings is 1. The van der Waals surface area contributed by atoms with Gasteiger partial charge in [0.15, 0.2) is 16.5 Å². The minimum absolute atomic E-state index is 0.577. The van der Waals surface area contributed by atoms with Crippen molar-refractivity contribution in [3.63, 3.8) is 0 Å². The number of thiazole rings is 1. The molecule has 2 heterocycles. The summed E-state index contributed by atoms with van der Waals surface area (Å²) in [5, 5.41) is 14.9. The molecule has 0 atom stereocenters. The van der Waals surface area contributed by atoms with Gasteiger partial charge in [0.05, 0.1) is 24.6 Å². The molecule has 2 aromatic rings. The zero-order valence-electron chi connectivity index (χ0n) is 13.2. The van der Waals surface area contributed by atoms with E-state index in [0.717, 1.165) is 48.4 Å². The molecule has 0 radical (unpaired) electrons.